The molecular weight excluding hydrogens is 358 g/mol. The third-order valence-electron chi connectivity index (χ3n) is 4.21. The molecule has 6 heteroatoms. The van der Waals surface area contributed by atoms with E-state index < -0.39 is 0 Å². The molecule has 5 nitrogen and oxygen atoms in total. The second kappa shape index (κ2) is 7.63. The minimum Gasteiger partial charge on any atom is -0.497 e. The number of anilines is 2. The highest BCUT2D eigenvalue weighted by atomic mass is 32.1. The van der Waals surface area contributed by atoms with Gasteiger partial charge in [0.15, 0.2) is 0 Å². The van der Waals surface area contributed by atoms with Crippen LogP contribution in [-0.2, 0) is 0 Å². The lowest BCUT2D eigenvalue weighted by Crippen LogP contribution is -2.00. The van der Waals surface area contributed by atoms with Gasteiger partial charge in [0.2, 0.25) is 0 Å². The molecule has 2 aromatic carbocycles. The summed E-state index contributed by atoms with van der Waals surface area (Å²) in [5, 5.41) is 6.54. The number of aromatic nitrogens is 2. The van der Waals surface area contributed by atoms with Crippen LogP contribution in [-0.4, -0.2) is 23.7 Å². The molecule has 0 radical (unpaired) electrons. The van der Waals surface area contributed by atoms with Crippen LogP contribution in [0.15, 0.2) is 60.2 Å². The van der Waals surface area contributed by atoms with Crippen LogP contribution in [0.25, 0.3) is 21.3 Å². The van der Waals surface area contributed by atoms with E-state index >= 15 is 0 Å². The zero-order chi connectivity index (χ0) is 18.6. The van der Waals surface area contributed by atoms with Crippen molar-refractivity contribution in [2.75, 3.05) is 19.0 Å². The summed E-state index contributed by atoms with van der Waals surface area (Å²) in [5.41, 5.74) is 3.07. The fourth-order valence-electron chi connectivity index (χ4n) is 2.93. The summed E-state index contributed by atoms with van der Waals surface area (Å²) < 4.78 is 11.0. The highest BCUT2D eigenvalue weighted by Gasteiger charge is 2.14. The van der Waals surface area contributed by atoms with E-state index in [1.807, 2.05) is 55.5 Å². The smallest absolute Gasteiger partial charge is 0.143 e. The van der Waals surface area contributed by atoms with Gasteiger partial charge in [0.05, 0.1) is 24.8 Å². The average molecular weight is 377 g/mol. The van der Waals surface area contributed by atoms with E-state index in [9.17, 15) is 0 Å². The van der Waals surface area contributed by atoms with Gasteiger partial charge >= 0.3 is 0 Å². The third kappa shape index (κ3) is 3.44. The van der Waals surface area contributed by atoms with Gasteiger partial charge in [0, 0.05) is 10.9 Å². The second-order valence-electron chi connectivity index (χ2n) is 5.83. The van der Waals surface area contributed by atoms with Gasteiger partial charge in [-0.3, -0.25) is 0 Å². The summed E-state index contributed by atoms with van der Waals surface area (Å²) in [6.07, 6.45) is 1.59. The van der Waals surface area contributed by atoms with Gasteiger partial charge in [0.25, 0.3) is 0 Å². The summed E-state index contributed by atoms with van der Waals surface area (Å²) in [5.74, 6) is 2.39. The van der Waals surface area contributed by atoms with E-state index in [1.54, 1.807) is 24.8 Å². The van der Waals surface area contributed by atoms with Crippen molar-refractivity contribution in [3.63, 3.8) is 0 Å². The number of methoxy groups -OCH3 is 1. The zero-order valence-electron chi connectivity index (χ0n) is 15.1. The summed E-state index contributed by atoms with van der Waals surface area (Å²) in [6.45, 7) is 2.58. The average Bonchev–Trinajstić information content (AvgIpc) is 3.15. The van der Waals surface area contributed by atoms with Crippen LogP contribution in [0.1, 0.15) is 6.92 Å². The molecule has 27 heavy (non-hydrogen) atoms. The third-order valence-corrected chi connectivity index (χ3v) is 5.10. The summed E-state index contributed by atoms with van der Waals surface area (Å²) in [4.78, 5) is 9.87. The Morgan fingerprint density at radius 3 is 2.63 bits per heavy atom. The fraction of sp³-hybridized carbons (Fsp3) is 0.143. The lowest BCUT2D eigenvalue weighted by atomic mass is 10.1. The van der Waals surface area contributed by atoms with Crippen LogP contribution in [0.2, 0.25) is 0 Å². The van der Waals surface area contributed by atoms with Crippen molar-refractivity contribution < 1.29 is 9.47 Å². The first kappa shape index (κ1) is 17.3. The molecular formula is C21H19N3O2S. The van der Waals surface area contributed by atoms with E-state index in [-0.39, 0.29) is 0 Å². The Balaban J connectivity index is 1.79. The second-order valence-corrected chi connectivity index (χ2v) is 6.69. The van der Waals surface area contributed by atoms with Crippen LogP contribution in [0.5, 0.6) is 11.5 Å². The maximum Gasteiger partial charge on any atom is 0.143 e. The molecule has 0 bridgehead atoms. The van der Waals surface area contributed by atoms with Gasteiger partial charge < -0.3 is 14.8 Å². The minimum absolute atomic E-state index is 0.605. The molecule has 0 amide bonds. The number of nitrogens with one attached hydrogen (secondary N) is 1. The normalized spacial score (nSPS) is 10.7. The predicted octanol–water partition coefficient (Wildman–Crippen LogP) is 5.51. The number of nitrogens with zero attached hydrogens (tertiary/aromatic N) is 2. The number of fused-ring (bicyclic) bond motifs is 1. The van der Waals surface area contributed by atoms with E-state index in [0.717, 1.165) is 44.3 Å². The lowest BCUT2D eigenvalue weighted by Gasteiger charge is -2.13. The number of ether oxygens (including phenoxy) is 2. The lowest BCUT2D eigenvalue weighted by molar-refractivity contribution is 0.342. The molecule has 0 atom stereocenters. The summed E-state index contributed by atoms with van der Waals surface area (Å²) in [6, 6.07) is 15.9. The van der Waals surface area contributed by atoms with Crippen LogP contribution in [0, 0.1) is 0 Å². The van der Waals surface area contributed by atoms with Crippen LogP contribution < -0.4 is 14.8 Å². The molecule has 0 saturated heterocycles. The van der Waals surface area contributed by atoms with Crippen molar-refractivity contribution in [3.05, 3.63) is 60.2 Å². The van der Waals surface area contributed by atoms with Crippen molar-refractivity contribution in [3.8, 4) is 22.6 Å². The molecule has 1 N–H and O–H groups in total. The molecule has 2 aromatic heterocycles. The molecule has 4 rings (SSSR count). The van der Waals surface area contributed by atoms with Crippen molar-refractivity contribution in [2.24, 2.45) is 0 Å². The number of para-hydroxylation sites is 2. The molecule has 136 valence electrons. The molecule has 0 unspecified atom stereocenters. The Morgan fingerprint density at radius 1 is 1.04 bits per heavy atom. The van der Waals surface area contributed by atoms with Crippen molar-refractivity contribution in [1.82, 2.24) is 9.97 Å². The number of benzene rings is 2. The van der Waals surface area contributed by atoms with E-state index in [0.29, 0.717) is 6.61 Å². The van der Waals surface area contributed by atoms with Gasteiger partial charge in [-0.15, -0.1) is 11.3 Å². The predicted molar refractivity (Wildman–Crippen MR) is 110 cm³/mol. The Hall–Kier alpha value is -3.12. The first-order chi connectivity index (χ1) is 13.3. The maximum absolute atomic E-state index is 5.73. The first-order valence-corrected chi connectivity index (χ1v) is 9.53. The molecule has 0 aliphatic carbocycles. The highest BCUT2D eigenvalue weighted by Crippen LogP contribution is 2.38. The molecule has 0 spiro atoms. The molecule has 0 fully saturated rings. The fourth-order valence-corrected chi connectivity index (χ4v) is 3.85. The maximum atomic E-state index is 5.73. The topological polar surface area (TPSA) is 56.3 Å². The highest BCUT2D eigenvalue weighted by molar-refractivity contribution is 7.17. The number of rotatable bonds is 6. The number of hydrogen-bond donors (Lipinski definition) is 1. The summed E-state index contributed by atoms with van der Waals surface area (Å²) >= 11 is 1.60. The minimum atomic E-state index is 0.605. The standard InChI is InChI=1S/C21H19N3O2S/c1-3-26-18-7-5-4-6-17(18)24-20-19-16(12-27-21(19)23-13-22-20)14-8-10-15(25-2)11-9-14/h4-13H,3H2,1-2H3,(H,22,23,24). The Morgan fingerprint density at radius 2 is 1.85 bits per heavy atom. The number of hydrogen-bond acceptors (Lipinski definition) is 6. The molecule has 0 saturated carbocycles. The van der Waals surface area contributed by atoms with Gasteiger partial charge in [-0.1, -0.05) is 24.3 Å². The quantitative estimate of drug-likeness (QED) is 0.480. The summed E-state index contributed by atoms with van der Waals surface area (Å²) in [7, 11) is 1.67. The molecule has 0 aliphatic rings. The van der Waals surface area contributed by atoms with Crippen molar-refractivity contribution in [2.45, 2.75) is 6.92 Å². The number of thiophene rings is 1. The SMILES string of the molecule is CCOc1ccccc1Nc1ncnc2scc(-c3ccc(OC)cc3)c12. The Bertz CT molecular complexity index is 1060. The Kier molecular flexibility index (Phi) is 4.89. The van der Waals surface area contributed by atoms with Crippen LogP contribution in [0.4, 0.5) is 11.5 Å². The van der Waals surface area contributed by atoms with Crippen molar-refractivity contribution in [1.29, 1.82) is 0 Å². The Labute approximate surface area is 161 Å². The van der Waals surface area contributed by atoms with Gasteiger partial charge in [0.1, 0.15) is 28.5 Å². The van der Waals surface area contributed by atoms with Gasteiger partial charge in [-0.2, -0.15) is 0 Å². The molecule has 4 aromatic rings. The monoisotopic (exact) mass is 377 g/mol. The zero-order valence-corrected chi connectivity index (χ0v) is 15.9. The van der Waals surface area contributed by atoms with Gasteiger partial charge in [-0.25, -0.2) is 9.97 Å². The largest absolute Gasteiger partial charge is 0.497 e. The molecule has 2 heterocycles. The first-order valence-electron chi connectivity index (χ1n) is 8.65. The van der Waals surface area contributed by atoms with E-state index in [4.69, 9.17) is 9.47 Å². The van der Waals surface area contributed by atoms with Crippen LogP contribution >= 0.6 is 11.3 Å². The van der Waals surface area contributed by atoms with Crippen LogP contribution in [0.3, 0.4) is 0 Å². The van der Waals surface area contributed by atoms with E-state index in [2.05, 4.69) is 20.7 Å². The van der Waals surface area contributed by atoms with Gasteiger partial charge in [-0.05, 0) is 36.8 Å². The molecule has 0 aliphatic heterocycles. The van der Waals surface area contributed by atoms with E-state index in [1.165, 1.54) is 0 Å². The van der Waals surface area contributed by atoms with Crippen molar-refractivity contribution >= 4 is 33.1 Å².